The quantitative estimate of drug-likeness (QED) is 0.629. The van der Waals surface area contributed by atoms with E-state index >= 15 is 0 Å². The Kier molecular flexibility index (Phi) is 5.97. The monoisotopic (exact) mass is 264 g/mol. The fourth-order valence-electron chi connectivity index (χ4n) is 1.72. The molecule has 0 aromatic heterocycles. The van der Waals surface area contributed by atoms with Crippen molar-refractivity contribution in [2.75, 3.05) is 6.61 Å². The van der Waals surface area contributed by atoms with Gasteiger partial charge in [-0.1, -0.05) is 0 Å². The second kappa shape index (κ2) is 6.79. The van der Waals surface area contributed by atoms with Crippen LogP contribution in [-0.4, -0.2) is 64.8 Å². The maximum atomic E-state index is 9.80. The van der Waals surface area contributed by atoms with Gasteiger partial charge in [0, 0.05) is 0 Å². The molecule has 0 aliphatic carbocycles. The molecule has 0 saturated carbocycles. The predicted molar refractivity (Wildman–Crippen MR) is 64.0 cm³/mol. The highest BCUT2D eigenvalue weighted by Gasteiger charge is 2.44. The molecule has 0 aromatic rings. The van der Waals surface area contributed by atoms with Gasteiger partial charge in [-0.3, -0.25) is 0 Å². The van der Waals surface area contributed by atoms with Crippen LogP contribution in [-0.2, 0) is 14.2 Å². The molecule has 0 bridgehead atoms. The molecule has 0 amide bonds. The Hall–Kier alpha value is -0.240. The smallest absolute Gasteiger partial charge is 0.186 e. The van der Waals surface area contributed by atoms with Gasteiger partial charge < -0.3 is 29.5 Å². The van der Waals surface area contributed by atoms with Crippen molar-refractivity contribution in [2.45, 2.75) is 70.6 Å². The summed E-state index contributed by atoms with van der Waals surface area (Å²) in [6, 6.07) is 0. The van der Waals surface area contributed by atoms with Gasteiger partial charge in [-0.25, -0.2) is 0 Å². The van der Waals surface area contributed by atoms with E-state index in [4.69, 9.17) is 14.2 Å². The number of hydrogen-bond acceptors (Lipinski definition) is 6. The van der Waals surface area contributed by atoms with Gasteiger partial charge in [0.1, 0.15) is 24.4 Å². The van der Waals surface area contributed by atoms with Crippen LogP contribution < -0.4 is 0 Å². The number of aliphatic hydroxyl groups is 3. The summed E-state index contributed by atoms with van der Waals surface area (Å²) in [7, 11) is 0. The molecular weight excluding hydrogens is 240 g/mol. The van der Waals surface area contributed by atoms with E-state index in [9.17, 15) is 15.3 Å². The maximum Gasteiger partial charge on any atom is 0.186 e. The first-order chi connectivity index (χ1) is 8.32. The van der Waals surface area contributed by atoms with Crippen molar-refractivity contribution < 1.29 is 29.5 Å². The second-order valence-corrected chi connectivity index (χ2v) is 5.08. The molecule has 1 fully saturated rings. The number of hydrogen-bond donors (Lipinski definition) is 3. The molecule has 0 radical (unpaired) electrons. The van der Waals surface area contributed by atoms with E-state index in [-0.39, 0.29) is 18.8 Å². The van der Waals surface area contributed by atoms with Crippen LogP contribution in [0.15, 0.2) is 0 Å². The molecule has 5 unspecified atom stereocenters. The van der Waals surface area contributed by atoms with E-state index < -0.39 is 30.7 Å². The molecule has 18 heavy (non-hydrogen) atoms. The van der Waals surface area contributed by atoms with E-state index in [1.807, 2.05) is 13.8 Å². The third-order valence-electron chi connectivity index (χ3n) is 2.67. The van der Waals surface area contributed by atoms with Gasteiger partial charge in [-0.2, -0.15) is 0 Å². The minimum absolute atomic E-state index is 0.00531. The summed E-state index contributed by atoms with van der Waals surface area (Å²) in [6.45, 7) is 7.46. The lowest BCUT2D eigenvalue weighted by atomic mass is 9.99. The first-order valence-electron chi connectivity index (χ1n) is 6.29. The van der Waals surface area contributed by atoms with E-state index in [1.54, 1.807) is 13.8 Å². The van der Waals surface area contributed by atoms with Crippen molar-refractivity contribution in [1.29, 1.82) is 0 Å². The van der Waals surface area contributed by atoms with E-state index in [0.717, 1.165) is 0 Å². The Bertz CT molecular complexity index is 243. The zero-order valence-corrected chi connectivity index (χ0v) is 11.3. The van der Waals surface area contributed by atoms with Crippen molar-refractivity contribution in [3.8, 4) is 0 Å². The van der Waals surface area contributed by atoms with Gasteiger partial charge in [0.2, 0.25) is 0 Å². The van der Waals surface area contributed by atoms with Crippen LogP contribution in [0.5, 0.6) is 0 Å². The molecule has 1 saturated heterocycles. The van der Waals surface area contributed by atoms with Gasteiger partial charge >= 0.3 is 0 Å². The summed E-state index contributed by atoms with van der Waals surface area (Å²) in [5.41, 5.74) is 0. The third kappa shape index (κ3) is 4.15. The topological polar surface area (TPSA) is 88.4 Å². The highest BCUT2D eigenvalue weighted by atomic mass is 16.7. The summed E-state index contributed by atoms with van der Waals surface area (Å²) in [4.78, 5) is 0. The van der Waals surface area contributed by atoms with Crippen molar-refractivity contribution in [3.63, 3.8) is 0 Å². The lowest BCUT2D eigenvalue weighted by Gasteiger charge is -2.40. The van der Waals surface area contributed by atoms with Crippen LogP contribution in [0.1, 0.15) is 27.7 Å². The van der Waals surface area contributed by atoms with Gasteiger partial charge in [0.05, 0.1) is 18.8 Å². The van der Waals surface area contributed by atoms with Gasteiger partial charge in [0.15, 0.2) is 6.29 Å². The lowest BCUT2D eigenvalue weighted by molar-refractivity contribution is -0.311. The number of ether oxygens (including phenoxy) is 3. The Balaban J connectivity index is 2.62. The van der Waals surface area contributed by atoms with Crippen LogP contribution in [0, 0.1) is 0 Å². The van der Waals surface area contributed by atoms with Crippen LogP contribution in [0.3, 0.4) is 0 Å². The summed E-state index contributed by atoms with van der Waals surface area (Å²) in [5.74, 6) is 0. The van der Waals surface area contributed by atoms with Crippen LogP contribution in [0.4, 0.5) is 0 Å². The third-order valence-corrected chi connectivity index (χ3v) is 2.67. The van der Waals surface area contributed by atoms with Crippen molar-refractivity contribution in [3.05, 3.63) is 0 Å². The highest BCUT2D eigenvalue weighted by Crippen LogP contribution is 2.23. The Morgan fingerprint density at radius 3 is 2.06 bits per heavy atom. The van der Waals surface area contributed by atoms with E-state index in [2.05, 4.69) is 0 Å². The minimum Gasteiger partial charge on any atom is -0.387 e. The minimum atomic E-state index is -1.30. The molecule has 1 rings (SSSR count). The first kappa shape index (κ1) is 15.8. The molecule has 3 N–H and O–H groups in total. The molecule has 1 heterocycles. The normalized spacial score (nSPS) is 37.5. The molecule has 108 valence electrons. The summed E-state index contributed by atoms with van der Waals surface area (Å²) >= 11 is 0. The van der Waals surface area contributed by atoms with Crippen LogP contribution in [0.2, 0.25) is 0 Å². The first-order valence-corrected chi connectivity index (χ1v) is 6.29. The van der Waals surface area contributed by atoms with Crippen LogP contribution >= 0.6 is 0 Å². The Labute approximate surface area is 107 Å². The average molecular weight is 264 g/mol. The van der Waals surface area contributed by atoms with Crippen molar-refractivity contribution in [2.24, 2.45) is 0 Å². The zero-order valence-electron chi connectivity index (χ0n) is 11.3. The zero-order chi connectivity index (χ0) is 13.9. The standard InChI is InChI=1S/C12H24O6/c1-6(2)16-5-8-9(13)10(14)11(15)12(18-8)17-7(3)4/h6-15H,5H2,1-4H3. The average Bonchev–Trinajstić information content (AvgIpc) is 2.27. The Morgan fingerprint density at radius 1 is 0.944 bits per heavy atom. The Morgan fingerprint density at radius 2 is 1.56 bits per heavy atom. The summed E-state index contributed by atoms with van der Waals surface area (Å²) in [5, 5.41) is 29.3. The van der Waals surface area contributed by atoms with Crippen molar-refractivity contribution in [1.82, 2.24) is 0 Å². The molecule has 0 spiro atoms. The number of aliphatic hydroxyl groups excluding tert-OH is 3. The molecule has 1 aliphatic heterocycles. The molecule has 1 aliphatic rings. The largest absolute Gasteiger partial charge is 0.387 e. The molecule has 6 nitrogen and oxygen atoms in total. The fraction of sp³-hybridized carbons (Fsp3) is 1.00. The fourth-order valence-corrected chi connectivity index (χ4v) is 1.72. The second-order valence-electron chi connectivity index (χ2n) is 5.08. The van der Waals surface area contributed by atoms with Gasteiger partial charge in [0.25, 0.3) is 0 Å². The van der Waals surface area contributed by atoms with Crippen LogP contribution in [0.25, 0.3) is 0 Å². The summed E-state index contributed by atoms with van der Waals surface area (Å²) in [6.07, 6.45) is -5.58. The molecule has 5 atom stereocenters. The maximum absolute atomic E-state index is 9.80. The molecule has 6 heteroatoms. The number of rotatable bonds is 5. The van der Waals surface area contributed by atoms with E-state index in [1.165, 1.54) is 0 Å². The van der Waals surface area contributed by atoms with Gasteiger partial charge in [-0.15, -0.1) is 0 Å². The molecular formula is C12H24O6. The molecule has 0 aromatic carbocycles. The highest BCUT2D eigenvalue weighted by molar-refractivity contribution is 4.89. The predicted octanol–water partition coefficient (Wildman–Crippen LogP) is -0.356. The van der Waals surface area contributed by atoms with E-state index in [0.29, 0.717) is 0 Å². The SMILES string of the molecule is CC(C)OCC1OC(OC(C)C)C(O)C(O)C1O. The van der Waals surface area contributed by atoms with Gasteiger partial charge in [-0.05, 0) is 27.7 Å². The van der Waals surface area contributed by atoms with Crippen molar-refractivity contribution >= 4 is 0 Å². The lowest BCUT2D eigenvalue weighted by Crippen LogP contribution is -2.59. The summed E-state index contributed by atoms with van der Waals surface area (Å²) < 4.78 is 16.2.